The van der Waals surface area contributed by atoms with Gasteiger partial charge in [0.25, 0.3) is 0 Å². The lowest BCUT2D eigenvalue weighted by molar-refractivity contribution is -0.115. The van der Waals surface area contributed by atoms with Crippen molar-refractivity contribution in [2.75, 3.05) is 22.6 Å². The fourth-order valence-electron chi connectivity index (χ4n) is 2.43. The first-order valence-electron chi connectivity index (χ1n) is 6.97. The Bertz CT molecular complexity index is 416. The van der Waals surface area contributed by atoms with Crippen LogP contribution >= 0.6 is 11.8 Å². The van der Waals surface area contributed by atoms with Gasteiger partial charge in [0, 0.05) is 23.5 Å². The van der Waals surface area contributed by atoms with E-state index in [0.29, 0.717) is 12.1 Å². The smallest absolute Gasteiger partial charge is 0.225 e. The van der Waals surface area contributed by atoms with Crippen molar-refractivity contribution in [3.63, 3.8) is 0 Å². The van der Waals surface area contributed by atoms with Crippen molar-refractivity contribution in [3.8, 4) is 0 Å². The first-order valence-corrected chi connectivity index (χ1v) is 8.12. The fourth-order valence-corrected chi connectivity index (χ4v) is 3.59. The Labute approximate surface area is 119 Å². The molecule has 1 aliphatic rings. The van der Waals surface area contributed by atoms with Crippen LogP contribution in [0.5, 0.6) is 0 Å². The predicted molar refractivity (Wildman–Crippen MR) is 83.4 cm³/mol. The lowest BCUT2D eigenvalue weighted by Crippen LogP contribution is -2.12. The van der Waals surface area contributed by atoms with Gasteiger partial charge in [-0.25, -0.2) is 0 Å². The van der Waals surface area contributed by atoms with Crippen LogP contribution in [0, 0.1) is 5.92 Å². The molecular weight excluding hydrogens is 256 g/mol. The lowest BCUT2D eigenvalue weighted by atomic mass is 10.1. The monoisotopic (exact) mass is 278 g/mol. The molecule has 3 nitrogen and oxygen atoms in total. The van der Waals surface area contributed by atoms with Crippen molar-refractivity contribution < 1.29 is 4.79 Å². The number of anilines is 2. The molecule has 1 aromatic carbocycles. The third-order valence-electron chi connectivity index (χ3n) is 3.47. The fraction of sp³-hybridized carbons (Fsp3) is 0.533. The van der Waals surface area contributed by atoms with Crippen LogP contribution in [0.15, 0.2) is 24.3 Å². The van der Waals surface area contributed by atoms with E-state index in [1.165, 1.54) is 31.4 Å². The zero-order valence-corrected chi connectivity index (χ0v) is 12.0. The number of hydrogen-bond donors (Lipinski definition) is 2. The molecule has 0 aliphatic heterocycles. The molecule has 4 heteroatoms. The number of amides is 1. The van der Waals surface area contributed by atoms with Crippen molar-refractivity contribution >= 4 is 29.0 Å². The van der Waals surface area contributed by atoms with Crippen LogP contribution < -0.4 is 11.1 Å². The third-order valence-corrected chi connectivity index (χ3v) is 4.67. The van der Waals surface area contributed by atoms with Gasteiger partial charge < -0.3 is 11.1 Å². The minimum absolute atomic E-state index is 0.0736. The van der Waals surface area contributed by atoms with Crippen LogP contribution in [-0.2, 0) is 4.79 Å². The number of nitrogen functional groups attached to an aromatic ring is 1. The molecule has 1 aliphatic carbocycles. The Kier molecular flexibility index (Phi) is 5.58. The summed E-state index contributed by atoms with van der Waals surface area (Å²) in [4.78, 5) is 11.8. The van der Waals surface area contributed by atoms with E-state index in [-0.39, 0.29) is 5.91 Å². The zero-order chi connectivity index (χ0) is 13.5. The first-order chi connectivity index (χ1) is 9.24. The summed E-state index contributed by atoms with van der Waals surface area (Å²) in [6.07, 6.45) is 6.11. The molecule has 2 rings (SSSR count). The van der Waals surface area contributed by atoms with E-state index in [9.17, 15) is 4.79 Å². The van der Waals surface area contributed by atoms with E-state index in [4.69, 9.17) is 5.73 Å². The predicted octanol–water partition coefficient (Wildman–Crippen LogP) is 3.52. The van der Waals surface area contributed by atoms with E-state index in [1.807, 2.05) is 30.0 Å². The molecule has 0 spiro atoms. The van der Waals surface area contributed by atoms with E-state index in [1.54, 1.807) is 6.07 Å². The minimum atomic E-state index is 0.0736. The maximum absolute atomic E-state index is 11.8. The SMILES string of the molecule is Nc1cccc(NC(=O)CCSCC2CCCC2)c1. The summed E-state index contributed by atoms with van der Waals surface area (Å²) in [5.41, 5.74) is 7.13. The maximum atomic E-state index is 11.8. The van der Waals surface area contributed by atoms with Crippen molar-refractivity contribution in [1.29, 1.82) is 0 Å². The van der Waals surface area contributed by atoms with Crippen molar-refractivity contribution in [2.45, 2.75) is 32.1 Å². The minimum Gasteiger partial charge on any atom is -0.399 e. The molecule has 1 amide bonds. The van der Waals surface area contributed by atoms with Gasteiger partial charge in [0.05, 0.1) is 0 Å². The Morgan fingerprint density at radius 3 is 2.89 bits per heavy atom. The average molecular weight is 278 g/mol. The van der Waals surface area contributed by atoms with Gasteiger partial charge in [-0.15, -0.1) is 0 Å². The topological polar surface area (TPSA) is 55.1 Å². The molecule has 0 bridgehead atoms. The van der Waals surface area contributed by atoms with Gasteiger partial charge in [-0.3, -0.25) is 4.79 Å². The Balaban J connectivity index is 1.61. The number of nitrogens with one attached hydrogen (secondary N) is 1. The Morgan fingerprint density at radius 2 is 2.16 bits per heavy atom. The molecule has 0 saturated heterocycles. The number of carbonyl (C=O) groups excluding carboxylic acids is 1. The normalized spacial score (nSPS) is 15.6. The summed E-state index contributed by atoms with van der Waals surface area (Å²) in [7, 11) is 0. The Hall–Kier alpha value is -1.16. The zero-order valence-electron chi connectivity index (χ0n) is 11.2. The number of benzene rings is 1. The van der Waals surface area contributed by atoms with E-state index in [0.717, 1.165) is 17.4 Å². The van der Waals surface area contributed by atoms with E-state index in [2.05, 4.69) is 5.32 Å². The summed E-state index contributed by atoms with van der Waals surface area (Å²) in [6.45, 7) is 0. The number of thioether (sulfide) groups is 1. The number of nitrogens with two attached hydrogens (primary N) is 1. The van der Waals surface area contributed by atoms with Gasteiger partial charge in [-0.05, 0) is 42.7 Å². The van der Waals surface area contributed by atoms with Crippen LogP contribution in [-0.4, -0.2) is 17.4 Å². The van der Waals surface area contributed by atoms with Gasteiger partial charge in [0.1, 0.15) is 0 Å². The largest absolute Gasteiger partial charge is 0.399 e. The number of rotatable bonds is 6. The second kappa shape index (κ2) is 7.43. The van der Waals surface area contributed by atoms with Crippen molar-refractivity contribution in [1.82, 2.24) is 0 Å². The number of carbonyl (C=O) groups is 1. The highest BCUT2D eigenvalue weighted by Gasteiger charge is 2.14. The van der Waals surface area contributed by atoms with Gasteiger partial charge in [0.15, 0.2) is 0 Å². The quantitative estimate of drug-likeness (QED) is 0.618. The summed E-state index contributed by atoms with van der Waals surface area (Å²) in [6, 6.07) is 7.30. The van der Waals surface area contributed by atoms with Crippen molar-refractivity contribution in [2.24, 2.45) is 5.92 Å². The summed E-state index contributed by atoms with van der Waals surface area (Å²) < 4.78 is 0. The van der Waals surface area contributed by atoms with E-state index < -0.39 is 0 Å². The second-order valence-electron chi connectivity index (χ2n) is 5.15. The van der Waals surface area contributed by atoms with Crippen LogP contribution in [0.2, 0.25) is 0 Å². The van der Waals surface area contributed by atoms with E-state index >= 15 is 0 Å². The van der Waals surface area contributed by atoms with Crippen LogP contribution in [0.25, 0.3) is 0 Å². The molecule has 19 heavy (non-hydrogen) atoms. The molecule has 0 radical (unpaired) electrons. The molecule has 0 unspecified atom stereocenters. The first kappa shape index (κ1) is 14.3. The molecule has 0 heterocycles. The third kappa shape index (κ3) is 5.15. The molecule has 1 aromatic rings. The van der Waals surface area contributed by atoms with Crippen LogP contribution in [0.4, 0.5) is 11.4 Å². The molecule has 104 valence electrons. The summed E-state index contributed by atoms with van der Waals surface area (Å²) in [5.74, 6) is 3.09. The van der Waals surface area contributed by atoms with Gasteiger partial charge in [-0.2, -0.15) is 11.8 Å². The molecular formula is C15H22N2OS. The molecule has 0 atom stereocenters. The molecule has 3 N–H and O–H groups in total. The summed E-state index contributed by atoms with van der Waals surface area (Å²) >= 11 is 1.91. The molecule has 1 fully saturated rings. The maximum Gasteiger partial charge on any atom is 0.225 e. The highest BCUT2D eigenvalue weighted by molar-refractivity contribution is 7.99. The van der Waals surface area contributed by atoms with Gasteiger partial charge >= 0.3 is 0 Å². The summed E-state index contributed by atoms with van der Waals surface area (Å²) in [5, 5.41) is 2.88. The lowest BCUT2D eigenvalue weighted by Gasteiger charge is -2.08. The van der Waals surface area contributed by atoms with Crippen LogP contribution in [0.3, 0.4) is 0 Å². The molecule has 1 saturated carbocycles. The van der Waals surface area contributed by atoms with Crippen molar-refractivity contribution in [3.05, 3.63) is 24.3 Å². The van der Waals surface area contributed by atoms with Gasteiger partial charge in [-0.1, -0.05) is 18.9 Å². The average Bonchev–Trinajstić information content (AvgIpc) is 2.88. The van der Waals surface area contributed by atoms with Crippen LogP contribution in [0.1, 0.15) is 32.1 Å². The Morgan fingerprint density at radius 1 is 1.37 bits per heavy atom. The highest BCUT2D eigenvalue weighted by atomic mass is 32.2. The molecule has 0 aromatic heterocycles. The van der Waals surface area contributed by atoms with Gasteiger partial charge in [0.2, 0.25) is 5.91 Å². The number of hydrogen-bond acceptors (Lipinski definition) is 3. The second-order valence-corrected chi connectivity index (χ2v) is 6.30. The standard InChI is InChI=1S/C15H22N2OS/c16-13-6-3-7-14(10-13)17-15(18)8-9-19-11-12-4-1-2-5-12/h3,6-7,10,12H,1-2,4-5,8-9,11,16H2,(H,17,18). The highest BCUT2D eigenvalue weighted by Crippen LogP contribution is 2.28.